The average molecular weight is 423 g/mol. The van der Waals surface area contributed by atoms with Crippen LogP contribution < -0.4 is 10.6 Å². The first-order valence-electron chi connectivity index (χ1n) is 11.3. The number of nitrogens with one attached hydrogen (secondary N) is 2. The highest BCUT2D eigenvalue weighted by Gasteiger charge is 2.26. The zero-order valence-electron chi connectivity index (χ0n) is 17.9. The molecule has 0 radical (unpaired) electrons. The molecule has 32 heavy (non-hydrogen) atoms. The Morgan fingerprint density at radius 1 is 0.594 bits per heavy atom. The predicted molar refractivity (Wildman–Crippen MR) is 129 cm³/mol. The summed E-state index contributed by atoms with van der Waals surface area (Å²) in [5.74, 6) is -0.0966. The summed E-state index contributed by atoms with van der Waals surface area (Å²) in [6, 6.07) is 27.6. The molecular weight excluding hydrogens is 396 g/mol. The maximum Gasteiger partial charge on any atom is 0.252 e. The molecule has 2 N–H and O–H groups in total. The van der Waals surface area contributed by atoms with E-state index in [-0.39, 0.29) is 23.9 Å². The van der Waals surface area contributed by atoms with Crippen molar-refractivity contribution in [3.05, 3.63) is 96.1 Å². The van der Waals surface area contributed by atoms with Gasteiger partial charge in [0.2, 0.25) is 0 Å². The number of hydrogen-bond donors (Lipinski definition) is 2. The minimum Gasteiger partial charge on any atom is -0.349 e. The van der Waals surface area contributed by atoms with E-state index in [4.69, 9.17) is 0 Å². The van der Waals surface area contributed by atoms with Crippen molar-refractivity contribution < 1.29 is 9.59 Å². The number of benzene rings is 4. The molecule has 0 saturated heterocycles. The lowest BCUT2D eigenvalue weighted by Gasteiger charge is -2.30. The second-order valence-electron chi connectivity index (χ2n) is 8.56. The molecule has 1 aliphatic carbocycles. The topological polar surface area (TPSA) is 58.2 Å². The Balaban J connectivity index is 1.27. The Morgan fingerprint density at radius 2 is 1.03 bits per heavy atom. The van der Waals surface area contributed by atoms with Gasteiger partial charge in [0.25, 0.3) is 11.8 Å². The third-order valence-electron chi connectivity index (χ3n) is 6.41. The quantitative estimate of drug-likeness (QED) is 0.459. The van der Waals surface area contributed by atoms with Crippen LogP contribution in [0, 0.1) is 0 Å². The normalized spacial score (nSPS) is 18.4. The lowest BCUT2D eigenvalue weighted by Crippen LogP contribution is -2.45. The summed E-state index contributed by atoms with van der Waals surface area (Å²) in [5, 5.41) is 10.5. The van der Waals surface area contributed by atoms with E-state index in [0.29, 0.717) is 11.1 Å². The van der Waals surface area contributed by atoms with Crippen molar-refractivity contribution in [2.75, 3.05) is 0 Å². The first-order chi connectivity index (χ1) is 15.7. The highest BCUT2D eigenvalue weighted by molar-refractivity contribution is 6.08. The third-order valence-corrected chi connectivity index (χ3v) is 6.41. The van der Waals surface area contributed by atoms with E-state index in [0.717, 1.165) is 47.2 Å². The van der Waals surface area contributed by atoms with Crippen LogP contribution in [0.1, 0.15) is 46.4 Å². The smallest absolute Gasteiger partial charge is 0.252 e. The number of rotatable bonds is 4. The van der Waals surface area contributed by atoms with Crippen LogP contribution in [0.15, 0.2) is 84.9 Å². The van der Waals surface area contributed by atoms with Crippen LogP contribution >= 0.6 is 0 Å². The molecular formula is C28H26N2O2. The molecule has 0 aromatic heterocycles. The van der Waals surface area contributed by atoms with Crippen molar-refractivity contribution in [2.45, 2.75) is 37.8 Å². The molecule has 2 unspecified atom stereocenters. The summed E-state index contributed by atoms with van der Waals surface area (Å²) in [6.07, 6.45) is 3.57. The van der Waals surface area contributed by atoms with Gasteiger partial charge in [-0.25, -0.2) is 0 Å². The standard InChI is InChI=1S/C28H26N2O2/c31-27(25-16-5-10-19-8-1-3-14-23(19)25)29-21-12-7-13-22(18-21)30-28(32)26-17-6-11-20-9-2-4-15-24(20)26/h1-6,8-11,14-17,21-22H,7,12-13,18H2,(H,29,31)(H,30,32). The molecule has 1 saturated carbocycles. The predicted octanol–water partition coefficient (Wildman–Crippen LogP) is 5.46. The largest absolute Gasteiger partial charge is 0.349 e. The van der Waals surface area contributed by atoms with Gasteiger partial charge in [0, 0.05) is 23.2 Å². The van der Waals surface area contributed by atoms with Crippen molar-refractivity contribution in [2.24, 2.45) is 0 Å². The Morgan fingerprint density at radius 3 is 1.53 bits per heavy atom. The van der Waals surface area contributed by atoms with E-state index in [2.05, 4.69) is 10.6 Å². The molecule has 1 fully saturated rings. The van der Waals surface area contributed by atoms with E-state index in [1.54, 1.807) is 0 Å². The first-order valence-corrected chi connectivity index (χ1v) is 11.3. The Bertz CT molecular complexity index is 1190. The van der Waals surface area contributed by atoms with Crippen molar-refractivity contribution in [1.29, 1.82) is 0 Å². The molecule has 2 amide bonds. The van der Waals surface area contributed by atoms with E-state index in [1.807, 2.05) is 84.9 Å². The Hall–Kier alpha value is -3.66. The second-order valence-corrected chi connectivity index (χ2v) is 8.56. The number of carbonyl (C=O) groups is 2. The van der Waals surface area contributed by atoms with Gasteiger partial charge in [0.15, 0.2) is 0 Å². The maximum atomic E-state index is 13.0. The molecule has 4 aromatic carbocycles. The summed E-state index contributed by atoms with van der Waals surface area (Å²) in [7, 11) is 0. The third kappa shape index (κ3) is 4.09. The fourth-order valence-corrected chi connectivity index (χ4v) is 4.83. The molecule has 160 valence electrons. The van der Waals surface area contributed by atoms with Gasteiger partial charge in [0.05, 0.1) is 0 Å². The van der Waals surface area contributed by atoms with Gasteiger partial charge in [-0.05, 0) is 59.4 Å². The summed E-state index contributed by atoms with van der Waals surface area (Å²) < 4.78 is 0. The maximum absolute atomic E-state index is 13.0. The van der Waals surface area contributed by atoms with Crippen LogP contribution in [-0.4, -0.2) is 23.9 Å². The molecule has 0 aliphatic heterocycles. The van der Waals surface area contributed by atoms with E-state index < -0.39 is 0 Å². The van der Waals surface area contributed by atoms with Gasteiger partial charge >= 0.3 is 0 Å². The van der Waals surface area contributed by atoms with Crippen LogP contribution in [0.4, 0.5) is 0 Å². The number of fused-ring (bicyclic) bond motifs is 2. The summed E-state index contributed by atoms with van der Waals surface area (Å²) >= 11 is 0. The lowest BCUT2D eigenvalue weighted by molar-refractivity contribution is 0.0905. The van der Waals surface area contributed by atoms with Crippen molar-refractivity contribution in [3.8, 4) is 0 Å². The van der Waals surface area contributed by atoms with Gasteiger partial charge in [0.1, 0.15) is 0 Å². The van der Waals surface area contributed by atoms with E-state index >= 15 is 0 Å². The SMILES string of the molecule is O=C(NC1CCCC(NC(=O)c2cccc3ccccc23)C1)c1cccc2ccccc12. The Kier molecular flexibility index (Phi) is 5.59. The highest BCUT2D eigenvalue weighted by Crippen LogP contribution is 2.23. The van der Waals surface area contributed by atoms with E-state index in [1.165, 1.54) is 0 Å². The fourth-order valence-electron chi connectivity index (χ4n) is 4.83. The van der Waals surface area contributed by atoms with Crippen LogP contribution in [0.3, 0.4) is 0 Å². The fraction of sp³-hybridized carbons (Fsp3) is 0.214. The monoisotopic (exact) mass is 422 g/mol. The van der Waals surface area contributed by atoms with Crippen molar-refractivity contribution in [1.82, 2.24) is 10.6 Å². The molecule has 2 atom stereocenters. The molecule has 4 nitrogen and oxygen atoms in total. The lowest BCUT2D eigenvalue weighted by atomic mass is 9.90. The minimum absolute atomic E-state index is 0.0483. The highest BCUT2D eigenvalue weighted by atomic mass is 16.2. The number of amides is 2. The van der Waals surface area contributed by atoms with Crippen molar-refractivity contribution in [3.63, 3.8) is 0 Å². The average Bonchev–Trinajstić information content (AvgIpc) is 2.83. The van der Waals surface area contributed by atoms with Gasteiger partial charge in [-0.3, -0.25) is 9.59 Å². The van der Waals surface area contributed by atoms with Crippen LogP contribution in [0.25, 0.3) is 21.5 Å². The van der Waals surface area contributed by atoms with Gasteiger partial charge < -0.3 is 10.6 Å². The Labute approximate surface area is 187 Å². The molecule has 0 heterocycles. The molecule has 4 aromatic rings. The van der Waals surface area contributed by atoms with Crippen molar-refractivity contribution >= 4 is 33.4 Å². The molecule has 0 bridgehead atoms. The minimum atomic E-state index is -0.0483. The van der Waals surface area contributed by atoms with Crippen LogP contribution in [0.2, 0.25) is 0 Å². The first kappa shape index (κ1) is 20.3. The molecule has 5 rings (SSSR count). The zero-order chi connectivity index (χ0) is 21.9. The number of carbonyl (C=O) groups excluding carboxylic acids is 2. The zero-order valence-corrected chi connectivity index (χ0v) is 17.9. The van der Waals surface area contributed by atoms with Gasteiger partial charge in [-0.2, -0.15) is 0 Å². The van der Waals surface area contributed by atoms with Gasteiger partial charge in [-0.1, -0.05) is 72.8 Å². The number of hydrogen-bond acceptors (Lipinski definition) is 2. The van der Waals surface area contributed by atoms with Crippen LogP contribution in [-0.2, 0) is 0 Å². The van der Waals surface area contributed by atoms with Gasteiger partial charge in [-0.15, -0.1) is 0 Å². The summed E-state index contributed by atoms with van der Waals surface area (Å²) in [6.45, 7) is 0. The summed E-state index contributed by atoms with van der Waals surface area (Å²) in [5.41, 5.74) is 1.40. The van der Waals surface area contributed by atoms with E-state index in [9.17, 15) is 9.59 Å². The molecule has 4 heteroatoms. The summed E-state index contributed by atoms with van der Waals surface area (Å²) in [4.78, 5) is 26.1. The molecule has 1 aliphatic rings. The molecule has 0 spiro atoms. The second kappa shape index (κ2) is 8.83. The van der Waals surface area contributed by atoms with Crippen LogP contribution in [0.5, 0.6) is 0 Å².